The summed E-state index contributed by atoms with van der Waals surface area (Å²) in [6, 6.07) is 12.1. The summed E-state index contributed by atoms with van der Waals surface area (Å²) in [5.41, 5.74) is 1.65. The van der Waals surface area contributed by atoms with E-state index in [2.05, 4.69) is 0 Å². The van der Waals surface area contributed by atoms with Crippen LogP contribution in [-0.4, -0.2) is 19.4 Å². The van der Waals surface area contributed by atoms with Crippen molar-refractivity contribution in [2.75, 3.05) is 18.1 Å². The summed E-state index contributed by atoms with van der Waals surface area (Å²) < 4.78 is 19.9. The van der Waals surface area contributed by atoms with Crippen molar-refractivity contribution in [3.05, 3.63) is 53.8 Å². The van der Waals surface area contributed by atoms with E-state index in [-0.39, 0.29) is 0 Å². The van der Waals surface area contributed by atoms with Crippen LogP contribution in [0, 0.1) is 5.82 Å². The summed E-state index contributed by atoms with van der Waals surface area (Å²) >= 11 is 0. The van der Waals surface area contributed by atoms with Crippen LogP contribution in [0.5, 0.6) is 5.75 Å². The molecule has 0 spiro atoms. The monoisotopic (exact) mass is 271 g/mol. The Bertz CT molecular complexity index is 642. The van der Waals surface area contributed by atoms with Gasteiger partial charge in [0.2, 0.25) is 0 Å². The van der Waals surface area contributed by atoms with Gasteiger partial charge in [-0.05, 0) is 36.8 Å². The van der Waals surface area contributed by atoms with Gasteiger partial charge >= 0.3 is 0 Å². The van der Waals surface area contributed by atoms with Crippen LogP contribution >= 0.6 is 0 Å². The van der Waals surface area contributed by atoms with E-state index in [0.717, 1.165) is 17.9 Å². The molecule has 0 atom stereocenters. The average molecular weight is 271 g/mol. The lowest BCUT2D eigenvalue weighted by molar-refractivity contribution is 0.112. The Kier molecular flexibility index (Phi) is 3.37. The number of carbonyl (C=O) groups excluding carboxylic acids is 1. The maximum absolute atomic E-state index is 14.2. The predicted octanol–water partition coefficient (Wildman–Crippen LogP) is 3.56. The first-order valence-corrected chi connectivity index (χ1v) is 6.53. The molecule has 0 N–H and O–H groups in total. The van der Waals surface area contributed by atoms with Crippen LogP contribution in [0.1, 0.15) is 16.8 Å². The highest BCUT2D eigenvalue weighted by atomic mass is 19.1. The van der Waals surface area contributed by atoms with Gasteiger partial charge in [-0.25, -0.2) is 4.39 Å². The lowest BCUT2D eigenvalue weighted by Gasteiger charge is -2.24. The molecule has 1 heterocycles. The van der Waals surface area contributed by atoms with E-state index < -0.39 is 5.82 Å². The molecule has 2 aromatic carbocycles. The Morgan fingerprint density at radius 2 is 2.00 bits per heavy atom. The summed E-state index contributed by atoms with van der Waals surface area (Å²) in [7, 11) is 0. The van der Waals surface area contributed by atoms with Crippen LogP contribution in [0.15, 0.2) is 42.5 Å². The number of nitrogens with zero attached hydrogens (tertiary/aromatic N) is 1. The quantitative estimate of drug-likeness (QED) is 0.782. The molecule has 0 aliphatic carbocycles. The molecule has 2 aromatic rings. The molecule has 0 radical (unpaired) electrons. The van der Waals surface area contributed by atoms with E-state index in [1.165, 1.54) is 6.07 Å². The van der Waals surface area contributed by atoms with Crippen LogP contribution < -0.4 is 9.64 Å². The Hall–Kier alpha value is -2.36. The number of para-hydroxylation sites is 2. The van der Waals surface area contributed by atoms with E-state index in [1.807, 2.05) is 29.2 Å². The van der Waals surface area contributed by atoms with Gasteiger partial charge in [0, 0.05) is 12.1 Å². The molecule has 0 amide bonds. The van der Waals surface area contributed by atoms with Crippen molar-refractivity contribution >= 4 is 17.7 Å². The van der Waals surface area contributed by atoms with Gasteiger partial charge in [-0.1, -0.05) is 12.1 Å². The molecule has 0 fully saturated rings. The van der Waals surface area contributed by atoms with Gasteiger partial charge in [0.05, 0.1) is 18.0 Å². The largest absolute Gasteiger partial charge is 0.491 e. The number of hydrogen-bond acceptors (Lipinski definition) is 3. The molecule has 0 unspecified atom stereocenters. The lowest BCUT2D eigenvalue weighted by Crippen LogP contribution is -2.19. The van der Waals surface area contributed by atoms with Gasteiger partial charge in [-0.2, -0.15) is 0 Å². The molecule has 0 saturated heterocycles. The van der Waals surface area contributed by atoms with Crippen molar-refractivity contribution in [3.8, 4) is 5.75 Å². The van der Waals surface area contributed by atoms with Crippen LogP contribution in [-0.2, 0) is 0 Å². The number of aldehydes is 1. The number of halogens is 1. The van der Waals surface area contributed by atoms with Gasteiger partial charge in [0.25, 0.3) is 0 Å². The Labute approximate surface area is 116 Å². The third kappa shape index (κ3) is 2.25. The SMILES string of the molecule is O=Cc1ccc(N2CCCOc3ccccc32)c(F)c1. The molecule has 0 aromatic heterocycles. The van der Waals surface area contributed by atoms with E-state index in [1.54, 1.807) is 12.1 Å². The molecule has 0 saturated carbocycles. The van der Waals surface area contributed by atoms with Crippen LogP contribution in [0.4, 0.5) is 15.8 Å². The first-order chi connectivity index (χ1) is 9.79. The maximum atomic E-state index is 14.2. The predicted molar refractivity (Wildman–Crippen MR) is 75.3 cm³/mol. The maximum Gasteiger partial charge on any atom is 0.150 e. The topological polar surface area (TPSA) is 29.5 Å². The zero-order chi connectivity index (χ0) is 13.9. The number of rotatable bonds is 2. The normalized spacial score (nSPS) is 14.2. The summed E-state index contributed by atoms with van der Waals surface area (Å²) in [5.74, 6) is 0.357. The molecule has 102 valence electrons. The van der Waals surface area contributed by atoms with E-state index in [0.29, 0.717) is 30.7 Å². The minimum absolute atomic E-state index is 0.339. The highest BCUT2D eigenvalue weighted by Crippen LogP contribution is 2.36. The van der Waals surface area contributed by atoms with Crippen molar-refractivity contribution < 1.29 is 13.9 Å². The average Bonchev–Trinajstić information content (AvgIpc) is 2.69. The number of fused-ring (bicyclic) bond motifs is 1. The van der Waals surface area contributed by atoms with Crippen molar-refractivity contribution in [1.29, 1.82) is 0 Å². The number of carbonyl (C=O) groups is 1. The van der Waals surface area contributed by atoms with Gasteiger partial charge < -0.3 is 9.64 Å². The Balaban J connectivity index is 2.07. The number of anilines is 2. The van der Waals surface area contributed by atoms with Crippen LogP contribution in [0.2, 0.25) is 0 Å². The van der Waals surface area contributed by atoms with Crippen molar-refractivity contribution in [1.82, 2.24) is 0 Å². The fourth-order valence-electron chi connectivity index (χ4n) is 2.39. The molecule has 3 nitrogen and oxygen atoms in total. The lowest BCUT2D eigenvalue weighted by atomic mass is 10.1. The number of benzene rings is 2. The molecule has 0 bridgehead atoms. The summed E-state index contributed by atoms with van der Waals surface area (Å²) in [4.78, 5) is 12.6. The second-order valence-electron chi connectivity index (χ2n) is 4.65. The van der Waals surface area contributed by atoms with Crippen molar-refractivity contribution in [2.45, 2.75) is 6.42 Å². The van der Waals surface area contributed by atoms with Crippen molar-refractivity contribution in [3.63, 3.8) is 0 Å². The fourth-order valence-corrected chi connectivity index (χ4v) is 2.39. The zero-order valence-electron chi connectivity index (χ0n) is 10.9. The van der Waals surface area contributed by atoms with Gasteiger partial charge in [-0.3, -0.25) is 4.79 Å². The highest BCUT2D eigenvalue weighted by molar-refractivity contribution is 5.77. The smallest absolute Gasteiger partial charge is 0.150 e. The van der Waals surface area contributed by atoms with Gasteiger partial charge in [0.1, 0.15) is 17.9 Å². The molecule has 4 heteroatoms. The van der Waals surface area contributed by atoms with Crippen LogP contribution in [0.3, 0.4) is 0 Å². The van der Waals surface area contributed by atoms with Crippen molar-refractivity contribution in [2.24, 2.45) is 0 Å². The third-order valence-corrected chi connectivity index (χ3v) is 3.34. The first kappa shape index (κ1) is 12.7. The third-order valence-electron chi connectivity index (χ3n) is 3.34. The Morgan fingerprint density at radius 3 is 2.80 bits per heavy atom. The molecule has 3 rings (SSSR count). The standard InChI is InChI=1S/C16H14FNO2/c17-13-10-12(11-19)6-7-14(13)18-8-3-9-20-16-5-2-1-4-15(16)18/h1-2,4-7,10-11H,3,8-9H2. The minimum atomic E-state index is -0.397. The number of ether oxygens (including phenoxy) is 1. The number of hydrogen-bond donors (Lipinski definition) is 0. The van der Waals surface area contributed by atoms with E-state index in [9.17, 15) is 9.18 Å². The van der Waals surface area contributed by atoms with E-state index >= 15 is 0 Å². The zero-order valence-corrected chi connectivity index (χ0v) is 10.9. The molecule has 1 aliphatic rings. The molecule has 1 aliphatic heterocycles. The Morgan fingerprint density at radius 1 is 1.15 bits per heavy atom. The summed E-state index contributed by atoms with van der Waals surface area (Å²) in [5, 5.41) is 0. The molecular weight excluding hydrogens is 257 g/mol. The molecule has 20 heavy (non-hydrogen) atoms. The first-order valence-electron chi connectivity index (χ1n) is 6.53. The van der Waals surface area contributed by atoms with Crippen LogP contribution in [0.25, 0.3) is 0 Å². The second-order valence-corrected chi connectivity index (χ2v) is 4.65. The van der Waals surface area contributed by atoms with Gasteiger partial charge in [-0.15, -0.1) is 0 Å². The van der Waals surface area contributed by atoms with Gasteiger partial charge in [0.15, 0.2) is 0 Å². The summed E-state index contributed by atoms with van der Waals surface area (Å²) in [6.07, 6.45) is 1.45. The van der Waals surface area contributed by atoms with E-state index in [4.69, 9.17) is 4.74 Å². The minimum Gasteiger partial charge on any atom is -0.491 e. The fraction of sp³-hybridized carbons (Fsp3) is 0.188. The molecular formula is C16H14FNO2. The second kappa shape index (κ2) is 5.33. The highest BCUT2D eigenvalue weighted by Gasteiger charge is 2.20. The summed E-state index contributed by atoms with van der Waals surface area (Å²) in [6.45, 7) is 1.29.